The van der Waals surface area contributed by atoms with E-state index in [1.54, 1.807) is 0 Å². The molecule has 1 aromatic rings. The first-order chi connectivity index (χ1) is 12.0. The number of Topliss-reactive ketones (excluding diaryl/α,β-unsaturated/α-hetero) is 1. The van der Waals surface area contributed by atoms with Crippen molar-refractivity contribution in [2.24, 2.45) is 5.73 Å². The Bertz CT molecular complexity index is 480. The third-order valence-corrected chi connectivity index (χ3v) is 4.82. The molecule has 0 unspecified atom stereocenters. The summed E-state index contributed by atoms with van der Waals surface area (Å²) in [6.07, 6.45) is 10.3. The number of carbonyl (C=O) groups is 1. The SMILES string of the molecule is CCCCCCCCCC(=O)c1ccc(CCC(N)(CO)CO)cc1. The molecule has 0 aliphatic heterocycles. The van der Waals surface area contributed by atoms with Crippen LogP contribution in [0.3, 0.4) is 0 Å². The van der Waals surface area contributed by atoms with Gasteiger partial charge in [-0.3, -0.25) is 4.79 Å². The van der Waals surface area contributed by atoms with Gasteiger partial charge in [0, 0.05) is 12.0 Å². The number of aryl methyl sites for hydroxylation is 1. The van der Waals surface area contributed by atoms with E-state index >= 15 is 0 Å². The van der Waals surface area contributed by atoms with E-state index in [0.29, 0.717) is 19.3 Å². The smallest absolute Gasteiger partial charge is 0.162 e. The average Bonchev–Trinajstić information content (AvgIpc) is 2.65. The lowest BCUT2D eigenvalue weighted by atomic mass is 9.93. The first kappa shape index (κ1) is 21.8. The van der Waals surface area contributed by atoms with Crippen molar-refractivity contribution in [1.29, 1.82) is 0 Å². The zero-order valence-electron chi connectivity index (χ0n) is 15.7. The molecule has 0 atom stereocenters. The molecule has 1 rings (SSSR count). The monoisotopic (exact) mass is 349 g/mol. The van der Waals surface area contributed by atoms with Gasteiger partial charge in [-0.25, -0.2) is 0 Å². The first-order valence-corrected chi connectivity index (χ1v) is 9.67. The lowest BCUT2D eigenvalue weighted by Crippen LogP contribution is -2.47. The number of nitrogens with two attached hydrogens (primary N) is 1. The summed E-state index contributed by atoms with van der Waals surface area (Å²) >= 11 is 0. The normalized spacial score (nSPS) is 11.7. The minimum absolute atomic E-state index is 0.207. The molecular weight excluding hydrogens is 314 g/mol. The van der Waals surface area contributed by atoms with Crippen molar-refractivity contribution in [3.8, 4) is 0 Å². The molecule has 0 aliphatic carbocycles. The topological polar surface area (TPSA) is 83.6 Å². The Kier molecular flexibility index (Phi) is 10.6. The maximum absolute atomic E-state index is 12.2. The Labute approximate surface area is 152 Å². The van der Waals surface area contributed by atoms with E-state index in [-0.39, 0.29) is 19.0 Å². The van der Waals surface area contributed by atoms with Crippen molar-refractivity contribution in [1.82, 2.24) is 0 Å². The van der Waals surface area contributed by atoms with E-state index in [9.17, 15) is 15.0 Å². The predicted molar refractivity (Wildman–Crippen MR) is 103 cm³/mol. The van der Waals surface area contributed by atoms with Crippen LogP contribution in [0.15, 0.2) is 24.3 Å². The summed E-state index contributed by atoms with van der Waals surface area (Å²) in [5.74, 6) is 0.207. The summed E-state index contributed by atoms with van der Waals surface area (Å²) in [6.45, 7) is 1.74. The molecule has 0 heterocycles. The predicted octanol–water partition coefficient (Wildman–Crippen LogP) is 3.62. The summed E-state index contributed by atoms with van der Waals surface area (Å²) in [4.78, 5) is 12.2. The van der Waals surface area contributed by atoms with Gasteiger partial charge in [0.2, 0.25) is 0 Å². The Morgan fingerprint density at radius 2 is 1.52 bits per heavy atom. The zero-order valence-corrected chi connectivity index (χ0v) is 15.7. The van der Waals surface area contributed by atoms with Gasteiger partial charge >= 0.3 is 0 Å². The van der Waals surface area contributed by atoms with E-state index in [1.807, 2.05) is 24.3 Å². The lowest BCUT2D eigenvalue weighted by Gasteiger charge is -2.24. The second-order valence-electron chi connectivity index (χ2n) is 7.17. The van der Waals surface area contributed by atoms with Gasteiger partial charge < -0.3 is 15.9 Å². The fraction of sp³-hybridized carbons (Fsp3) is 0.667. The summed E-state index contributed by atoms with van der Waals surface area (Å²) in [6, 6.07) is 7.62. The van der Waals surface area contributed by atoms with Crippen LogP contribution in [-0.4, -0.2) is 34.7 Å². The van der Waals surface area contributed by atoms with Gasteiger partial charge in [-0.15, -0.1) is 0 Å². The second kappa shape index (κ2) is 12.2. The molecule has 4 N–H and O–H groups in total. The van der Waals surface area contributed by atoms with Gasteiger partial charge in [-0.2, -0.15) is 0 Å². The Hall–Kier alpha value is -1.23. The van der Waals surface area contributed by atoms with Crippen LogP contribution >= 0.6 is 0 Å². The Morgan fingerprint density at radius 1 is 0.960 bits per heavy atom. The third-order valence-electron chi connectivity index (χ3n) is 4.82. The maximum atomic E-state index is 12.2. The fourth-order valence-electron chi connectivity index (χ4n) is 2.85. The van der Waals surface area contributed by atoms with E-state index in [0.717, 1.165) is 24.0 Å². The van der Waals surface area contributed by atoms with Gasteiger partial charge in [0.15, 0.2) is 5.78 Å². The molecule has 0 radical (unpaired) electrons. The second-order valence-corrected chi connectivity index (χ2v) is 7.17. The number of hydrogen-bond acceptors (Lipinski definition) is 4. The molecule has 25 heavy (non-hydrogen) atoms. The van der Waals surface area contributed by atoms with E-state index in [4.69, 9.17) is 5.73 Å². The molecule has 0 saturated carbocycles. The molecule has 0 aliphatic rings. The van der Waals surface area contributed by atoms with Crippen LogP contribution in [0, 0.1) is 0 Å². The van der Waals surface area contributed by atoms with Crippen molar-refractivity contribution < 1.29 is 15.0 Å². The third kappa shape index (κ3) is 8.61. The number of benzene rings is 1. The lowest BCUT2D eigenvalue weighted by molar-refractivity contribution is 0.0979. The van der Waals surface area contributed by atoms with Crippen molar-refractivity contribution >= 4 is 5.78 Å². The summed E-state index contributed by atoms with van der Waals surface area (Å²) in [5, 5.41) is 18.4. The van der Waals surface area contributed by atoms with E-state index in [2.05, 4.69) is 6.92 Å². The molecule has 0 saturated heterocycles. The molecule has 0 bridgehead atoms. The van der Waals surface area contributed by atoms with Gasteiger partial charge in [-0.05, 0) is 24.8 Å². The standard InChI is InChI=1S/C21H35NO3/c1-2-3-4-5-6-7-8-9-20(25)19-12-10-18(11-13-19)14-15-21(22,16-23)17-24/h10-13,23-24H,2-9,14-17,22H2,1H3. The highest BCUT2D eigenvalue weighted by molar-refractivity contribution is 5.96. The summed E-state index contributed by atoms with van der Waals surface area (Å²) in [7, 11) is 0. The van der Waals surface area contributed by atoms with Crippen molar-refractivity contribution in [3.05, 3.63) is 35.4 Å². The minimum Gasteiger partial charge on any atom is -0.394 e. The molecule has 0 aromatic heterocycles. The van der Waals surface area contributed by atoms with Gasteiger partial charge in [-0.1, -0.05) is 69.7 Å². The number of aliphatic hydroxyl groups is 2. The number of ketones is 1. The molecule has 4 nitrogen and oxygen atoms in total. The highest BCUT2D eigenvalue weighted by atomic mass is 16.3. The van der Waals surface area contributed by atoms with Crippen LogP contribution < -0.4 is 5.73 Å². The van der Waals surface area contributed by atoms with Crippen molar-refractivity contribution in [3.63, 3.8) is 0 Å². The quantitative estimate of drug-likeness (QED) is 0.354. The van der Waals surface area contributed by atoms with E-state index < -0.39 is 5.54 Å². The number of carbonyl (C=O) groups excluding carboxylic acids is 1. The van der Waals surface area contributed by atoms with Crippen LogP contribution in [0.25, 0.3) is 0 Å². The molecule has 1 aromatic carbocycles. The summed E-state index contributed by atoms with van der Waals surface area (Å²) < 4.78 is 0. The Morgan fingerprint density at radius 3 is 2.08 bits per heavy atom. The number of unbranched alkanes of at least 4 members (excludes halogenated alkanes) is 6. The minimum atomic E-state index is -0.939. The highest BCUT2D eigenvalue weighted by Gasteiger charge is 2.22. The van der Waals surface area contributed by atoms with Crippen LogP contribution in [0.2, 0.25) is 0 Å². The van der Waals surface area contributed by atoms with Crippen LogP contribution in [0.5, 0.6) is 0 Å². The zero-order chi connectivity index (χ0) is 18.5. The average molecular weight is 350 g/mol. The van der Waals surface area contributed by atoms with Gasteiger partial charge in [0.1, 0.15) is 0 Å². The van der Waals surface area contributed by atoms with Crippen LogP contribution in [0.4, 0.5) is 0 Å². The molecule has 0 fully saturated rings. The maximum Gasteiger partial charge on any atom is 0.162 e. The fourth-order valence-corrected chi connectivity index (χ4v) is 2.85. The number of hydrogen-bond donors (Lipinski definition) is 3. The Balaban J connectivity index is 2.31. The van der Waals surface area contributed by atoms with Crippen molar-refractivity contribution in [2.75, 3.05) is 13.2 Å². The van der Waals surface area contributed by atoms with Crippen molar-refractivity contribution in [2.45, 2.75) is 76.7 Å². The van der Waals surface area contributed by atoms with Gasteiger partial charge in [0.25, 0.3) is 0 Å². The molecule has 0 spiro atoms. The molecule has 4 heteroatoms. The van der Waals surface area contributed by atoms with Gasteiger partial charge in [0.05, 0.1) is 18.8 Å². The largest absolute Gasteiger partial charge is 0.394 e. The first-order valence-electron chi connectivity index (χ1n) is 9.67. The van der Waals surface area contributed by atoms with Crippen LogP contribution in [0.1, 0.15) is 80.6 Å². The summed E-state index contributed by atoms with van der Waals surface area (Å²) in [5.41, 5.74) is 6.76. The van der Waals surface area contributed by atoms with Crippen LogP contribution in [-0.2, 0) is 6.42 Å². The van der Waals surface area contributed by atoms with E-state index in [1.165, 1.54) is 32.1 Å². The molecular formula is C21H35NO3. The highest BCUT2D eigenvalue weighted by Crippen LogP contribution is 2.15. The molecule has 142 valence electrons. The number of rotatable bonds is 14. The number of aliphatic hydroxyl groups excluding tert-OH is 2. The molecule has 0 amide bonds.